The van der Waals surface area contributed by atoms with Gasteiger partial charge in [0.25, 0.3) is 0 Å². The van der Waals surface area contributed by atoms with Crippen LogP contribution in [-0.2, 0) is 16.6 Å². The lowest BCUT2D eigenvalue weighted by Crippen LogP contribution is -2.09. The van der Waals surface area contributed by atoms with Crippen LogP contribution in [0.3, 0.4) is 0 Å². The van der Waals surface area contributed by atoms with Gasteiger partial charge in [-0.2, -0.15) is 0 Å². The number of hydrogen-bond donors (Lipinski definition) is 2. The van der Waals surface area contributed by atoms with Crippen LogP contribution in [0.2, 0.25) is 0 Å². The van der Waals surface area contributed by atoms with Gasteiger partial charge in [0.2, 0.25) is 10.0 Å². The zero-order chi connectivity index (χ0) is 14.8. The smallest absolute Gasteiger partial charge is 0.229 e. The molecule has 0 bridgehead atoms. The summed E-state index contributed by atoms with van der Waals surface area (Å²) in [6.07, 6.45) is 1.12. The second-order valence-electron chi connectivity index (χ2n) is 4.14. The molecule has 1 aromatic heterocycles. The van der Waals surface area contributed by atoms with Crippen molar-refractivity contribution in [2.75, 3.05) is 16.3 Å². The van der Waals surface area contributed by atoms with Crippen molar-refractivity contribution in [1.82, 2.24) is 0 Å². The molecule has 1 heterocycles. The summed E-state index contributed by atoms with van der Waals surface area (Å²) in [4.78, 5) is 0. The van der Waals surface area contributed by atoms with Crippen LogP contribution in [0.15, 0.2) is 43.9 Å². The fourth-order valence-electron chi connectivity index (χ4n) is 1.54. The number of halogens is 2. The molecule has 8 heteroatoms. The molecule has 0 aliphatic carbocycles. The molecule has 5 nitrogen and oxygen atoms in total. The van der Waals surface area contributed by atoms with E-state index in [4.69, 9.17) is 4.42 Å². The second kappa shape index (κ2) is 6.19. The molecule has 0 unspecified atom stereocenters. The van der Waals surface area contributed by atoms with Gasteiger partial charge in [-0.15, -0.1) is 0 Å². The predicted molar refractivity (Wildman–Crippen MR) is 86.3 cm³/mol. The monoisotopic (exact) mass is 422 g/mol. The molecule has 0 spiro atoms. The van der Waals surface area contributed by atoms with Gasteiger partial charge in [0.15, 0.2) is 4.67 Å². The maximum atomic E-state index is 11.1. The summed E-state index contributed by atoms with van der Waals surface area (Å²) in [6.45, 7) is 0.531. The lowest BCUT2D eigenvalue weighted by Gasteiger charge is -2.07. The van der Waals surface area contributed by atoms with E-state index in [-0.39, 0.29) is 0 Å². The van der Waals surface area contributed by atoms with Crippen molar-refractivity contribution in [3.8, 4) is 0 Å². The highest BCUT2D eigenvalue weighted by Crippen LogP contribution is 2.27. The number of sulfonamides is 1. The SMILES string of the molecule is CS(=O)(=O)Nc1ccc(NCc2cc(Br)c(Br)o2)cc1. The van der Waals surface area contributed by atoms with E-state index >= 15 is 0 Å². The van der Waals surface area contributed by atoms with Crippen molar-refractivity contribution >= 4 is 53.3 Å². The molecule has 2 N–H and O–H groups in total. The lowest BCUT2D eigenvalue weighted by atomic mass is 10.3. The molecule has 108 valence electrons. The van der Waals surface area contributed by atoms with Crippen molar-refractivity contribution in [2.24, 2.45) is 0 Å². The molecule has 0 amide bonds. The van der Waals surface area contributed by atoms with Crippen LogP contribution < -0.4 is 10.0 Å². The average molecular weight is 424 g/mol. The Hall–Kier alpha value is -0.990. The molecule has 2 rings (SSSR count). The molecule has 2 aromatic rings. The zero-order valence-corrected chi connectivity index (χ0v) is 14.5. The average Bonchev–Trinajstić information content (AvgIpc) is 2.66. The van der Waals surface area contributed by atoms with Crippen LogP contribution in [0.5, 0.6) is 0 Å². The van der Waals surface area contributed by atoms with Gasteiger partial charge in [-0.25, -0.2) is 8.42 Å². The first-order valence-electron chi connectivity index (χ1n) is 5.59. The Kier molecular flexibility index (Phi) is 4.77. The first-order valence-corrected chi connectivity index (χ1v) is 9.07. The highest BCUT2D eigenvalue weighted by atomic mass is 79.9. The number of rotatable bonds is 5. The third-order valence-electron chi connectivity index (χ3n) is 2.35. The standard InChI is InChI=1S/C12H12Br2N2O3S/c1-20(17,18)16-9-4-2-8(3-5-9)15-7-10-6-11(13)12(14)19-10/h2-6,15-16H,7H2,1H3. The summed E-state index contributed by atoms with van der Waals surface area (Å²) in [7, 11) is -3.24. The van der Waals surface area contributed by atoms with Crippen molar-refractivity contribution in [1.29, 1.82) is 0 Å². The summed E-state index contributed by atoms with van der Waals surface area (Å²) in [5, 5.41) is 3.18. The Morgan fingerprint density at radius 1 is 1.15 bits per heavy atom. The summed E-state index contributed by atoms with van der Waals surface area (Å²) in [5.74, 6) is 0.780. The van der Waals surface area contributed by atoms with Crippen LogP contribution in [0, 0.1) is 0 Å². The van der Waals surface area contributed by atoms with E-state index in [2.05, 4.69) is 41.9 Å². The number of benzene rings is 1. The molecule has 0 radical (unpaired) electrons. The highest BCUT2D eigenvalue weighted by molar-refractivity contribution is 9.13. The molecule has 0 fully saturated rings. The largest absolute Gasteiger partial charge is 0.451 e. The minimum absolute atomic E-state index is 0.529. The van der Waals surface area contributed by atoms with Gasteiger partial charge < -0.3 is 9.73 Å². The number of furan rings is 1. The maximum Gasteiger partial charge on any atom is 0.229 e. The minimum Gasteiger partial charge on any atom is -0.451 e. The molecular formula is C12H12Br2N2O3S. The van der Waals surface area contributed by atoms with Gasteiger partial charge in [0.1, 0.15) is 5.76 Å². The van der Waals surface area contributed by atoms with Crippen molar-refractivity contribution < 1.29 is 12.8 Å². The van der Waals surface area contributed by atoms with Crippen molar-refractivity contribution in [3.05, 3.63) is 45.2 Å². The Bertz CT molecular complexity index is 676. The van der Waals surface area contributed by atoms with E-state index < -0.39 is 10.0 Å². The summed E-state index contributed by atoms with van der Waals surface area (Å²) < 4.78 is 31.5. The molecule has 0 saturated heterocycles. The minimum atomic E-state index is -3.24. The zero-order valence-electron chi connectivity index (χ0n) is 10.5. The molecular weight excluding hydrogens is 412 g/mol. The Morgan fingerprint density at radius 2 is 1.75 bits per heavy atom. The second-order valence-corrected chi connectivity index (χ2v) is 7.46. The van der Waals surface area contributed by atoms with Crippen molar-refractivity contribution in [2.45, 2.75) is 6.54 Å². The van der Waals surface area contributed by atoms with E-state index in [9.17, 15) is 8.42 Å². The van der Waals surface area contributed by atoms with Gasteiger partial charge in [0, 0.05) is 11.4 Å². The number of hydrogen-bond acceptors (Lipinski definition) is 4. The van der Waals surface area contributed by atoms with E-state index in [1.807, 2.05) is 6.07 Å². The molecule has 0 saturated carbocycles. The summed E-state index contributed by atoms with van der Waals surface area (Å²) in [5.41, 5.74) is 1.40. The van der Waals surface area contributed by atoms with Crippen LogP contribution >= 0.6 is 31.9 Å². The normalized spacial score (nSPS) is 11.3. The van der Waals surface area contributed by atoms with E-state index in [1.165, 1.54) is 0 Å². The third kappa shape index (κ3) is 4.53. The van der Waals surface area contributed by atoms with Crippen LogP contribution in [0.1, 0.15) is 5.76 Å². The van der Waals surface area contributed by atoms with Gasteiger partial charge in [-0.05, 0) is 62.2 Å². The van der Waals surface area contributed by atoms with E-state index in [0.29, 0.717) is 16.9 Å². The van der Waals surface area contributed by atoms with Gasteiger partial charge in [0.05, 0.1) is 17.3 Å². The van der Waals surface area contributed by atoms with E-state index in [0.717, 1.165) is 22.2 Å². The Balaban J connectivity index is 1.97. The molecule has 0 aliphatic heterocycles. The molecule has 0 atom stereocenters. The van der Waals surface area contributed by atoms with Gasteiger partial charge in [-0.3, -0.25) is 4.72 Å². The number of nitrogens with one attached hydrogen (secondary N) is 2. The fraction of sp³-hybridized carbons (Fsp3) is 0.167. The quantitative estimate of drug-likeness (QED) is 0.767. The predicted octanol–water partition coefficient (Wildman–Crippen LogP) is 3.79. The van der Waals surface area contributed by atoms with Crippen LogP contribution in [0.4, 0.5) is 11.4 Å². The number of anilines is 2. The van der Waals surface area contributed by atoms with Crippen molar-refractivity contribution in [3.63, 3.8) is 0 Å². The first kappa shape index (κ1) is 15.4. The molecule has 20 heavy (non-hydrogen) atoms. The maximum absolute atomic E-state index is 11.1. The van der Waals surface area contributed by atoms with Crippen LogP contribution in [-0.4, -0.2) is 14.7 Å². The van der Waals surface area contributed by atoms with Gasteiger partial charge in [-0.1, -0.05) is 0 Å². The third-order valence-corrected chi connectivity index (χ3v) is 4.67. The lowest BCUT2D eigenvalue weighted by molar-refractivity contribution is 0.494. The molecule has 1 aromatic carbocycles. The Morgan fingerprint density at radius 3 is 2.25 bits per heavy atom. The first-order chi connectivity index (χ1) is 9.33. The molecule has 0 aliphatic rings. The summed E-state index contributed by atoms with van der Waals surface area (Å²) >= 11 is 6.62. The fourth-order valence-corrected chi connectivity index (χ4v) is 2.76. The van der Waals surface area contributed by atoms with E-state index in [1.54, 1.807) is 24.3 Å². The Labute approximate surface area is 134 Å². The van der Waals surface area contributed by atoms with Crippen LogP contribution in [0.25, 0.3) is 0 Å². The highest BCUT2D eigenvalue weighted by Gasteiger charge is 2.06. The topological polar surface area (TPSA) is 71.3 Å². The van der Waals surface area contributed by atoms with Gasteiger partial charge >= 0.3 is 0 Å². The summed E-state index contributed by atoms with van der Waals surface area (Å²) in [6, 6.07) is 8.84.